The molecular formula is C16H19N2O4S-. The smallest absolute Gasteiger partial charge is 0.243 e. The zero-order chi connectivity index (χ0) is 16.8. The molecule has 0 heterocycles. The highest BCUT2D eigenvalue weighted by Crippen LogP contribution is 2.28. The molecule has 1 saturated carbocycles. The van der Waals surface area contributed by atoms with Crippen molar-refractivity contribution < 1.29 is 19.4 Å². The van der Waals surface area contributed by atoms with Crippen LogP contribution < -0.4 is 15.3 Å². The third-order valence-electron chi connectivity index (χ3n) is 3.46. The predicted octanol–water partition coefficient (Wildman–Crippen LogP) is 0.928. The second-order valence-corrected chi connectivity index (χ2v) is 6.32. The second-order valence-electron chi connectivity index (χ2n) is 5.34. The minimum absolute atomic E-state index is 0.0393. The van der Waals surface area contributed by atoms with Crippen molar-refractivity contribution in [2.24, 2.45) is 11.0 Å². The van der Waals surface area contributed by atoms with Crippen LogP contribution in [-0.4, -0.2) is 30.5 Å². The summed E-state index contributed by atoms with van der Waals surface area (Å²) < 4.78 is 5.29. The van der Waals surface area contributed by atoms with Gasteiger partial charge in [0.1, 0.15) is 5.75 Å². The number of carboxylic acid groups (broad SMARTS) is 1. The van der Waals surface area contributed by atoms with Crippen LogP contribution in [0.3, 0.4) is 0 Å². The monoisotopic (exact) mass is 335 g/mol. The highest BCUT2D eigenvalue weighted by Gasteiger charge is 2.29. The normalized spacial score (nSPS) is 14.4. The van der Waals surface area contributed by atoms with Crippen molar-refractivity contribution in [3.8, 4) is 5.75 Å². The molecule has 0 aromatic heterocycles. The van der Waals surface area contributed by atoms with E-state index in [-0.39, 0.29) is 17.6 Å². The van der Waals surface area contributed by atoms with Gasteiger partial charge in [0.15, 0.2) is 0 Å². The number of rotatable bonds is 8. The number of thioether (sulfide) groups is 1. The topological polar surface area (TPSA) is 90.8 Å². The van der Waals surface area contributed by atoms with Crippen LogP contribution in [0.4, 0.5) is 0 Å². The molecule has 0 spiro atoms. The average Bonchev–Trinajstić information content (AvgIpc) is 3.36. The van der Waals surface area contributed by atoms with Crippen molar-refractivity contribution in [2.45, 2.75) is 25.5 Å². The third kappa shape index (κ3) is 5.28. The van der Waals surface area contributed by atoms with E-state index >= 15 is 0 Å². The fourth-order valence-electron chi connectivity index (χ4n) is 2.00. The molecule has 1 aliphatic rings. The molecule has 0 radical (unpaired) electrons. The number of hydrazone groups is 1. The summed E-state index contributed by atoms with van der Waals surface area (Å²) in [5.41, 5.74) is 4.99. The van der Waals surface area contributed by atoms with E-state index < -0.39 is 5.97 Å². The summed E-state index contributed by atoms with van der Waals surface area (Å²) in [6.45, 7) is 1.81. The first-order chi connectivity index (χ1) is 11.0. The fraction of sp³-hybridized carbons (Fsp3) is 0.438. The van der Waals surface area contributed by atoms with Crippen molar-refractivity contribution in [3.05, 3.63) is 29.3 Å². The van der Waals surface area contributed by atoms with E-state index in [1.165, 1.54) is 11.8 Å². The van der Waals surface area contributed by atoms with Gasteiger partial charge in [-0.1, -0.05) is 0 Å². The molecule has 1 fully saturated rings. The van der Waals surface area contributed by atoms with E-state index in [0.29, 0.717) is 17.2 Å². The molecule has 0 bridgehead atoms. The molecule has 0 aliphatic heterocycles. The molecule has 1 aromatic carbocycles. The van der Waals surface area contributed by atoms with Gasteiger partial charge in [0, 0.05) is 23.0 Å². The Morgan fingerprint density at radius 2 is 2.17 bits per heavy atom. The van der Waals surface area contributed by atoms with Gasteiger partial charge in [0.05, 0.1) is 18.8 Å². The number of nitrogens with zero attached hydrogens (tertiary/aromatic N) is 1. The fourth-order valence-corrected chi connectivity index (χ4v) is 2.72. The summed E-state index contributed by atoms with van der Waals surface area (Å²) >= 11 is 1.24. The molecule has 2 rings (SSSR count). The lowest BCUT2D eigenvalue weighted by Crippen LogP contribution is -2.24. The van der Waals surface area contributed by atoms with Gasteiger partial charge in [-0.3, -0.25) is 4.79 Å². The molecule has 1 N–H and O–H groups in total. The van der Waals surface area contributed by atoms with Gasteiger partial charge in [-0.2, -0.15) is 16.9 Å². The van der Waals surface area contributed by atoms with Crippen molar-refractivity contribution in [1.82, 2.24) is 5.43 Å². The molecule has 0 atom stereocenters. The molecular weight excluding hydrogens is 316 g/mol. The number of carbonyl (C=O) groups excluding carboxylic acids is 2. The first-order valence-corrected chi connectivity index (χ1v) is 8.45. The number of carbonyl (C=O) groups is 2. The third-order valence-corrected chi connectivity index (χ3v) is 4.41. The minimum atomic E-state index is -1.09. The molecule has 7 heteroatoms. The van der Waals surface area contributed by atoms with Crippen molar-refractivity contribution in [1.29, 1.82) is 0 Å². The summed E-state index contributed by atoms with van der Waals surface area (Å²) in [5, 5.41) is 14.6. The summed E-state index contributed by atoms with van der Waals surface area (Å²) in [6, 6.07) is 5.56. The van der Waals surface area contributed by atoms with Gasteiger partial charge in [-0.05, 0) is 43.5 Å². The highest BCUT2D eigenvalue weighted by atomic mass is 32.2. The van der Waals surface area contributed by atoms with Gasteiger partial charge >= 0.3 is 0 Å². The van der Waals surface area contributed by atoms with Crippen molar-refractivity contribution in [2.75, 3.05) is 12.9 Å². The quantitative estimate of drug-likeness (QED) is 0.564. The molecule has 1 amide bonds. The first kappa shape index (κ1) is 17.3. The lowest BCUT2D eigenvalue weighted by molar-refractivity contribution is -0.301. The number of ether oxygens (including phenoxy) is 1. The molecule has 124 valence electrons. The lowest BCUT2D eigenvalue weighted by Gasteiger charge is -2.11. The maximum Gasteiger partial charge on any atom is 0.243 e. The lowest BCUT2D eigenvalue weighted by atomic mass is 10.1. The standard InChI is InChI=1S/C16H20N2O4S/c1-10(17-18-16(21)11-3-4-11)12-5-6-14(22-2)13(7-12)8-23-9-15(19)20/h5-7,11H,3-4,8-9H2,1-2H3,(H,18,21)(H,19,20)/p-1/b17-10-. The van der Waals surface area contributed by atoms with Crippen LogP contribution in [0.5, 0.6) is 5.75 Å². The number of carboxylic acids is 1. The van der Waals surface area contributed by atoms with Gasteiger partial charge in [0.2, 0.25) is 5.91 Å². The Labute approximate surface area is 139 Å². The number of hydrogen-bond donors (Lipinski definition) is 1. The summed E-state index contributed by atoms with van der Waals surface area (Å²) in [5.74, 6) is 0.0895. The van der Waals surface area contributed by atoms with Crippen LogP contribution in [0.2, 0.25) is 0 Å². The van der Waals surface area contributed by atoms with Crippen LogP contribution >= 0.6 is 11.8 Å². The number of hydrogen-bond acceptors (Lipinski definition) is 6. The second kappa shape index (κ2) is 8.01. The Balaban J connectivity index is 2.06. The van der Waals surface area contributed by atoms with Gasteiger partial charge in [0.25, 0.3) is 0 Å². The predicted molar refractivity (Wildman–Crippen MR) is 87.2 cm³/mol. The Hall–Kier alpha value is -2.02. The van der Waals surface area contributed by atoms with Crippen molar-refractivity contribution >= 4 is 29.4 Å². The van der Waals surface area contributed by atoms with Gasteiger partial charge in [-0.25, -0.2) is 5.43 Å². The number of aliphatic carboxylic acids is 1. The van der Waals surface area contributed by atoms with E-state index in [4.69, 9.17) is 4.74 Å². The number of methoxy groups -OCH3 is 1. The molecule has 0 unspecified atom stereocenters. The van der Waals surface area contributed by atoms with E-state index in [0.717, 1.165) is 24.0 Å². The largest absolute Gasteiger partial charge is 0.549 e. The van der Waals surface area contributed by atoms with E-state index in [1.54, 1.807) is 7.11 Å². The Morgan fingerprint density at radius 1 is 1.43 bits per heavy atom. The Bertz CT molecular complexity index is 627. The number of benzene rings is 1. The van der Waals surface area contributed by atoms with E-state index in [9.17, 15) is 14.7 Å². The van der Waals surface area contributed by atoms with Crippen LogP contribution in [-0.2, 0) is 15.3 Å². The maximum absolute atomic E-state index is 11.6. The van der Waals surface area contributed by atoms with Crippen LogP contribution in [0, 0.1) is 5.92 Å². The molecule has 0 saturated heterocycles. The van der Waals surface area contributed by atoms with Crippen LogP contribution in [0.25, 0.3) is 0 Å². The van der Waals surface area contributed by atoms with E-state index in [2.05, 4.69) is 10.5 Å². The van der Waals surface area contributed by atoms with Crippen molar-refractivity contribution in [3.63, 3.8) is 0 Å². The molecule has 23 heavy (non-hydrogen) atoms. The summed E-state index contributed by atoms with van der Waals surface area (Å²) in [6.07, 6.45) is 1.87. The zero-order valence-corrected chi connectivity index (χ0v) is 13.9. The van der Waals surface area contributed by atoms with E-state index in [1.807, 2.05) is 25.1 Å². The molecule has 6 nitrogen and oxygen atoms in total. The number of amides is 1. The number of nitrogens with one attached hydrogen (secondary N) is 1. The molecule has 1 aromatic rings. The summed E-state index contributed by atoms with van der Waals surface area (Å²) in [4.78, 5) is 22.1. The molecule has 1 aliphatic carbocycles. The SMILES string of the molecule is COc1ccc(/C(C)=N\NC(=O)C2CC2)cc1CSCC(=O)[O-]. The van der Waals surface area contributed by atoms with Crippen LogP contribution in [0.15, 0.2) is 23.3 Å². The highest BCUT2D eigenvalue weighted by molar-refractivity contribution is 7.99. The Kier molecular flexibility index (Phi) is 6.04. The van der Waals surface area contributed by atoms with Gasteiger partial charge < -0.3 is 14.6 Å². The average molecular weight is 335 g/mol. The zero-order valence-electron chi connectivity index (χ0n) is 13.1. The van der Waals surface area contributed by atoms with Gasteiger partial charge in [-0.15, -0.1) is 0 Å². The first-order valence-electron chi connectivity index (χ1n) is 7.30. The van der Waals surface area contributed by atoms with Crippen LogP contribution in [0.1, 0.15) is 30.9 Å². The minimum Gasteiger partial charge on any atom is -0.549 e. The maximum atomic E-state index is 11.6. The summed E-state index contributed by atoms with van der Waals surface area (Å²) in [7, 11) is 1.57. The Morgan fingerprint density at radius 3 is 2.78 bits per heavy atom.